The van der Waals surface area contributed by atoms with E-state index >= 15 is 0 Å². The van der Waals surface area contributed by atoms with E-state index in [2.05, 4.69) is 58.9 Å². The van der Waals surface area contributed by atoms with Crippen LogP contribution in [0.5, 0.6) is 0 Å². The van der Waals surface area contributed by atoms with Crippen LogP contribution >= 0.6 is 0 Å². The lowest BCUT2D eigenvalue weighted by Gasteiger charge is -2.27. The highest BCUT2D eigenvalue weighted by Crippen LogP contribution is 2.21. The monoisotopic (exact) mass is 534 g/mol. The van der Waals surface area contributed by atoms with E-state index in [4.69, 9.17) is 18.0 Å². The highest BCUT2D eigenvalue weighted by atomic mass is 28.4. The molecule has 0 aliphatic heterocycles. The first-order valence-electron chi connectivity index (χ1n) is 13.7. The van der Waals surface area contributed by atoms with E-state index in [1.165, 1.54) is 58.5 Å². The lowest BCUT2D eigenvalue weighted by Crippen LogP contribution is -2.37. The third kappa shape index (κ3) is 22.5. The fourth-order valence-corrected chi connectivity index (χ4v) is 7.04. The van der Waals surface area contributed by atoms with Crippen LogP contribution in [0.3, 0.4) is 0 Å². The first-order valence-corrected chi connectivity index (χ1v) is 23.9. The van der Waals surface area contributed by atoms with E-state index in [0.717, 1.165) is 32.3 Å². The molecule has 0 aliphatic carbocycles. The third-order valence-electron chi connectivity index (χ3n) is 5.43. The molecule has 204 valence electrons. The van der Waals surface area contributed by atoms with Gasteiger partial charge in [0, 0.05) is 12.7 Å². The Morgan fingerprint density at radius 2 is 1.03 bits per heavy atom. The third-order valence-corrected chi connectivity index (χ3v) is 8.53. The quantitative estimate of drug-likeness (QED) is 0.0845. The minimum absolute atomic E-state index is 0.227. The van der Waals surface area contributed by atoms with Gasteiger partial charge in [-0.25, -0.2) is 4.79 Å². The molecule has 34 heavy (non-hydrogen) atoms. The number of esters is 1. The Hall–Kier alpha value is 0.000649. The van der Waals surface area contributed by atoms with Gasteiger partial charge in [0.15, 0.2) is 25.0 Å². The minimum Gasteiger partial charge on any atom is -0.467 e. The average molecular weight is 535 g/mol. The molecule has 0 fully saturated rings. The number of carbonyl (C=O) groups is 1. The standard InChI is InChI=1S/C26H58O5Si3/c1-28-26(27)25(31-34(8,9)10)22-18-14-13-17-21-24(30-33(5,6)7)20-16-12-11-15-19-23-29-32(2,3)4/h24-25H,11-23H2,1-10H3. The van der Waals surface area contributed by atoms with Gasteiger partial charge in [0.05, 0.1) is 7.11 Å². The zero-order valence-electron chi connectivity index (χ0n) is 24.4. The van der Waals surface area contributed by atoms with E-state index in [0.29, 0.717) is 6.10 Å². The molecule has 0 bridgehead atoms. The van der Waals surface area contributed by atoms with Crippen molar-refractivity contribution in [2.45, 2.75) is 148 Å². The van der Waals surface area contributed by atoms with Crippen LogP contribution in [0.25, 0.3) is 0 Å². The second-order valence-electron chi connectivity index (χ2n) is 12.6. The fraction of sp³-hybridized carbons (Fsp3) is 0.962. The largest absolute Gasteiger partial charge is 0.467 e. The van der Waals surface area contributed by atoms with Crippen molar-refractivity contribution in [3.8, 4) is 0 Å². The van der Waals surface area contributed by atoms with Crippen molar-refractivity contribution >= 4 is 30.9 Å². The average Bonchev–Trinajstić information content (AvgIpc) is 2.67. The van der Waals surface area contributed by atoms with Crippen LogP contribution < -0.4 is 0 Å². The lowest BCUT2D eigenvalue weighted by atomic mass is 10.0. The molecule has 0 saturated heterocycles. The zero-order chi connectivity index (χ0) is 26.3. The molecule has 8 heteroatoms. The van der Waals surface area contributed by atoms with E-state index < -0.39 is 31.1 Å². The van der Waals surface area contributed by atoms with Gasteiger partial charge in [-0.2, -0.15) is 0 Å². The van der Waals surface area contributed by atoms with Crippen molar-refractivity contribution in [1.29, 1.82) is 0 Å². The van der Waals surface area contributed by atoms with Gasteiger partial charge in [0.1, 0.15) is 6.10 Å². The summed E-state index contributed by atoms with van der Waals surface area (Å²) in [5.74, 6) is -0.227. The first-order chi connectivity index (χ1) is 15.6. The minimum atomic E-state index is -1.76. The number of rotatable bonds is 21. The van der Waals surface area contributed by atoms with Gasteiger partial charge in [-0.05, 0) is 84.6 Å². The van der Waals surface area contributed by atoms with Crippen LogP contribution in [-0.4, -0.2) is 56.8 Å². The summed E-state index contributed by atoms with van der Waals surface area (Å²) < 4.78 is 23.4. The van der Waals surface area contributed by atoms with Crippen molar-refractivity contribution < 1.29 is 22.8 Å². The Morgan fingerprint density at radius 3 is 1.47 bits per heavy atom. The maximum absolute atomic E-state index is 12.0. The van der Waals surface area contributed by atoms with E-state index in [1.807, 2.05) is 0 Å². The summed E-state index contributed by atoms with van der Waals surface area (Å²) in [4.78, 5) is 12.0. The normalized spacial score (nSPS) is 14.8. The molecule has 5 nitrogen and oxygen atoms in total. The van der Waals surface area contributed by atoms with Crippen molar-refractivity contribution in [2.75, 3.05) is 13.7 Å². The molecule has 0 aromatic rings. The second kappa shape index (κ2) is 17.5. The molecule has 2 atom stereocenters. The van der Waals surface area contributed by atoms with E-state index in [-0.39, 0.29) is 5.97 Å². The van der Waals surface area contributed by atoms with Crippen molar-refractivity contribution in [3.05, 3.63) is 0 Å². The summed E-state index contributed by atoms with van der Waals surface area (Å²) >= 11 is 0. The van der Waals surface area contributed by atoms with Crippen molar-refractivity contribution in [1.82, 2.24) is 0 Å². The summed E-state index contributed by atoms with van der Waals surface area (Å²) in [6.07, 6.45) is 13.9. The van der Waals surface area contributed by atoms with E-state index in [1.54, 1.807) is 0 Å². The summed E-state index contributed by atoms with van der Waals surface area (Å²) in [5.41, 5.74) is 0. The zero-order valence-corrected chi connectivity index (χ0v) is 27.4. The highest BCUT2D eigenvalue weighted by Gasteiger charge is 2.27. The molecule has 0 aromatic heterocycles. The number of carbonyl (C=O) groups excluding carboxylic acids is 1. The Morgan fingerprint density at radius 1 is 0.588 bits per heavy atom. The van der Waals surface area contributed by atoms with Gasteiger partial charge < -0.3 is 18.0 Å². The molecule has 0 heterocycles. The van der Waals surface area contributed by atoms with Gasteiger partial charge >= 0.3 is 5.97 Å². The Labute approximate surface area is 215 Å². The summed E-state index contributed by atoms with van der Waals surface area (Å²) in [5, 5.41) is 0. The molecule has 2 unspecified atom stereocenters. The van der Waals surface area contributed by atoms with Gasteiger partial charge in [-0.1, -0.05) is 51.4 Å². The van der Waals surface area contributed by atoms with E-state index in [9.17, 15) is 4.79 Å². The molecular weight excluding hydrogens is 477 g/mol. The Bertz CT molecular complexity index is 524. The highest BCUT2D eigenvalue weighted by molar-refractivity contribution is 6.70. The summed E-state index contributed by atoms with van der Waals surface area (Å²) in [7, 11) is -3.20. The predicted octanol–water partition coefficient (Wildman–Crippen LogP) is 8.13. The van der Waals surface area contributed by atoms with Crippen LogP contribution in [0.1, 0.15) is 77.0 Å². The van der Waals surface area contributed by atoms with Crippen molar-refractivity contribution in [2.24, 2.45) is 0 Å². The number of ether oxygens (including phenoxy) is 1. The van der Waals surface area contributed by atoms with Gasteiger partial charge in [0.25, 0.3) is 0 Å². The molecule has 0 N–H and O–H groups in total. The first kappa shape index (κ1) is 34.0. The predicted molar refractivity (Wildman–Crippen MR) is 153 cm³/mol. The summed E-state index contributed by atoms with van der Waals surface area (Å²) in [6.45, 7) is 20.9. The van der Waals surface area contributed by atoms with Gasteiger partial charge in [-0.3, -0.25) is 0 Å². The van der Waals surface area contributed by atoms with Crippen LogP contribution in [-0.2, 0) is 22.8 Å². The number of unbranched alkanes of at least 4 members (excludes halogenated alkanes) is 7. The van der Waals surface area contributed by atoms with Crippen LogP contribution in [0.15, 0.2) is 0 Å². The SMILES string of the molecule is COC(=O)C(CCCCCCC(CCCCCCCO[Si](C)(C)C)O[Si](C)(C)C)O[Si](C)(C)C. The molecule has 0 spiro atoms. The Kier molecular flexibility index (Phi) is 17.5. The molecule has 0 saturated carbocycles. The number of hydrogen-bond donors (Lipinski definition) is 0. The summed E-state index contributed by atoms with van der Waals surface area (Å²) in [6, 6.07) is 0. The molecule has 0 radical (unpaired) electrons. The molecule has 0 aromatic carbocycles. The van der Waals surface area contributed by atoms with Crippen molar-refractivity contribution in [3.63, 3.8) is 0 Å². The fourth-order valence-electron chi connectivity index (χ4n) is 3.98. The van der Waals surface area contributed by atoms with Gasteiger partial charge in [0.2, 0.25) is 0 Å². The number of hydrogen-bond acceptors (Lipinski definition) is 5. The molecular formula is C26H58O5Si3. The maximum atomic E-state index is 12.0. The second-order valence-corrected chi connectivity index (χ2v) is 26.0. The maximum Gasteiger partial charge on any atom is 0.333 e. The molecule has 0 amide bonds. The smallest absolute Gasteiger partial charge is 0.333 e. The lowest BCUT2D eigenvalue weighted by molar-refractivity contribution is -0.149. The van der Waals surface area contributed by atoms with Crippen LogP contribution in [0.2, 0.25) is 58.9 Å². The Balaban J connectivity index is 4.16. The molecule has 0 rings (SSSR count). The number of methoxy groups -OCH3 is 1. The topological polar surface area (TPSA) is 54.0 Å². The van der Waals surface area contributed by atoms with Crippen LogP contribution in [0.4, 0.5) is 0 Å². The van der Waals surface area contributed by atoms with Gasteiger partial charge in [-0.15, -0.1) is 0 Å². The van der Waals surface area contributed by atoms with Crippen LogP contribution in [0, 0.1) is 0 Å². The molecule has 0 aliphatic rings.